The van der Waals surface area contributed by atoms with Gasteiger partial charge in [-0.1, -0.05) is 48.5 Å². The molecule has 0 radical (unpaired) electrons. The molecule has 9 heteroatoms. The van der Waals surface area contributed by atoms with Crippen molar-refractivity contribution in [3.8, 4) is 0 Å². The van der Waals surface area contributed by atoms with Gasteiger partial charge in [0.25, 0.3) is 5.91 Å². The zero-order chi connectivity index (χ0) is 23.8. The summed E-state index contributed by atoms with van der Waals surface area (Å²) in [5.41, 5.74) is 1.47. The Morgan fingerprint density at radius 3 is 2.33 bits per heavy atom. The van der Waals surface area contributed by atoms with E-state index in [2.05, 4.69) is 5.32 Å². The van der Waals surface area contributed by atoms with Crippen LogP contribution in [0.25, 0.3) is 0 Å². The lowest BCUT2D eigenvalue weighted by Crippen LogP contribution is -2.43. The Labute approximate surface area is 193 Å². The second-order valence-corrected chi connectivity index (χ2v) is 10.7. The first-order valence-corrected chi connectivity index (χ1v) is 13.0. The molecule has 3 rings (SSSR count). The fourth-order valence-corrected chi connectivity index (χ4v) is 5.78. The molecule has 0 spiro atoms. The number of carboxylic acids is 1. The number of nitrogens with zero attached hydrogens (tertiary/aromatic N) is 1. The van der Waals surface area contributed by atoms with Gasteiger partial charge in [-0.3, -0.25) is 14.2 Å². The standard InChI is InChI=1S/C24H29N2O6P/c27-22(26-15-7-12-21(26)24(29)30)17-33(31,32)16-20(14-13-18-8-3-1-4-9-18)25-23(28)19-10-5-2-6-11-19/h1-6,8-11,20-21H,7,12-17H2,(H,25,28)(H,29,30)(H,31,32)/t20-,21-/m0/s1. The average Bonchev–Trinajstić information content (AvgIpc) is 3.29. The molecule has 1 fully saturated rings. The molecule has 1 aliphatic heterocycles. The summed E-state index contributed by atoms with van der Waals surface area (Å²) in [6, 6.07) is 16.6. The number of amides is 2. The largest absolute Gasteiger partial charge is 0.480 e. The van der Waals surface area contributed by atoms with Gasteiger partial charge in [-0.2, -0.15) is 0 Å². The van der Waals surface area contributed by atoms with Crippen molar-refractivity contribution in [3.05, 3.63) is 71.8 Å². The monoisotopic (exact) mass is 472 g/mol. The van der Waals surface area contributed by atoms with E-state index in [0.29, 0.717) is 31.2 Å². The van der Waals surface area contributed by atoms with Crippen LogP contribution in [0.2, 0.25) is 0 Å². The van der Waals surface area contributed by atoms with Crippen LogP contribution in [0.5, 0.6) is 0 Å². The highest BCUT2D eigenvalue weighted by atomic mass is 31.2. The average molecular weight is 472 g/mol. The molecular weight excluding hydrogens is 443 g/mol. The van der Waals surface area contributed by atoms with Crippen molar-refractivity contribution in [2.45, 2.75) is 37.8 Å². The van der Waals surface area contributed by atoms with Crippen LogP contribution in [0.4, 0.5) is 0 Å². The van der Waals surface area contributed by atoms with Crippen molar-refractivity contribution in [1.29, 1.82) is 0 Å². The minimum absolute atomic E-state index is 0.262. The number of aliphatic carboxylic acids is 1. The van der Waals surface area contributed by atoms with Crippen molar-refractivity contribution in [1.82, 2.24) is 10.2 Å². The first kappa shape index (κ1) is 24.7. The molecule has 33 heavy (non-hydrogen) atoms. The number of hydrogen-bond acceptors (Lipinski definition) is 4. The molecule has 3 N–H and O–H groups in total. The van der Waals surface area contributed by atoms with E-state index in [1.165, 1.54) is 4.90 Å². The van der Waals surface area contributed by atoms with Crippen LogP contribution in [0, 0.1) is 0 Å². The predicted octanol–water partition coefficient (Wildman–Crippen LogP) is 2.76. The molecule has 0 bridgehead atoms. The molecule has 1 heterocycles. The van der Waals surface area contributed by atoms with E-state index in [9.17, 15) is 28.9 Å². The Hall–Kier alpha value is -2.96. The highest BCUT2D eigenvalue weighted by Crippen LogP contribution is 2.42. The summed E-state index contributed by atoms with van der Waals surface area (Å²) in [6.07, 6.45) is 0.981. The van der Waals surface area contributed by atoms with Crippen LogP contribution in [-0.4, -0.2) is 63.6 Å². The second kappa shape index (κ2) is 11.3. The van der Waals surface area contributed by atoms with Crippen LogP contribution in [0.1, 0.15) is 35.2 Å². The zero-order valence-electron chi connectivity index (χ0n) is 18.3. The van der Waals surface area contributed by atoms with Gasteiger partial charge in [-0.15, -0.1) is 0 Å². The van der Waals surface area contributed by atoms with Gasteiger partial charge in [0.05, 0.1) is 0 Å². The number of hydrogen-bond donors (Lipinski definition) is 3. The lowest BCUT2D eigenvalue weighted by Gasteiger charge is -2.25. The lowest BCUT2D eigenvalue weighted by molar-refractivity contribution is -0.147. The van der Waals surface area contributed by atoms with Gasteiger partial charge in [0.1, 0.15) is 12.2 Å². The molecule has 8 nitrogen and oxygen atoms in total. The maximum absolute atomic E-state index is 13.0. The van der Waals surface area contributed by atoms with E-state index in [1.54, 1.807) is 30.3 Å². The quantitative estimate of drug-likeness (QED) is 0.457. The number of rotatable bonds is 10. The summed E-state index contributed by atoms with van der Waals surface area (Å²) in [7, 11) is -3.98. The Bertz CT molecular complexity index is 1010. The summed E-state index contributed by atoms with van der Waals surface area (Å²) < 4.78 is 13.0. The van der Waals surface area contributed by atoms with Gasteiger partial charge >= 0.3 is 5.97 Å². The molecule has 1 saturated heterocycles. The minimum Gasteiger partial charge on any atom is -0.480 e. The van der Waals surface area contributed by atoms with Crippen molar-refractivity contribution < 1.29 is 28.9 Å². The van der Waals surface area contributed by atoms with E-state index in [0.717, 1.165) is 5.56 Å². The molecule has 3 atom stereocenters. The maximum atomic E-state index is 13.0. The molecular formula is C24H29N2O6P. The predicted molar refractivity (Wildman–Crippen MR) is 124 cm³/mol. The Morgan fingerprint density at radius 1 is 1.06 bits per heavy atom. The van der Waals surface area contributed by atoms with E-state index in [-0.39, 0.29) is 18.6 Å². The third-order valence-corrected chi connectivity index (χ3v) is 7.52. The van der Waals surface area contributed by atoms with Gasteiger partial charge in [0.15, 0.2) is 0 Å². The Morgan fingerprint density at radius 2 is 1.70 bits per heavy atom. The Balaban J connectivity index is 1.68. The fourth-order valence-electron chi connectivity index (χ4n) is 4.09. The number of likely N-dealkylation sites (tertiary alicyclic amines) is 1. The molecule has 2 aromatic carbocycles. The summed E-state index contributed by atoms with van der Waals surface area (Å²) in [6.45, 7) is 0.262. The summed E-state index contributed by atoms with van der Waals surface area (Å²) in [5, 5.41) is 12.1. The number of aryl methyl sites for hydroxylation is 1. The van der Waals surface area contributed by atoms with Gasteiger partial charge in [0, 0.05) is 24.3 Å². The third kappa shape index (κ3) is 7.27. The topological polar surface area (TPSA) is 124 Å². The first-order valence-electron chi connectivity index (χ1n) is 11.0. The summed E-state index contributed by atoms with van der Waals surface area (Å²) in [4.78, 5) is 48.5. The van der Waals surface area contributed by atoms with E-state index in [4.69, 9.17) is 0 Å². The van der Waals surface area contributed by atoms with Crippen molar-refractivity contribution >= 4 is 25.2 Å². The zero-order valence-corrected chi connectivity index (χ0v) is 19.2. The molecule has 1 unspecified atom stereocenters. The van der Waals surface area contributed by atoms with Crippen molar-refractivity contribution in [2.75, 3.05) is 18.9 Å². The van der Waals surface area contributed by atoms with E-state index in [1.807, 2.05) is 30.3 Å². The number of benzene rings is 2. The normalized spacial score (nSPS) is 18.3. The molecule has 2 aromatic rings. The first-order chi connectivity index (χ1) is 15.7. The molecule has 0 aromatic heterocycles. The van der Waals surface area contributed by atoms with Gasteiger partial charge in [0.2, 0.25) is 13.3 Å². The van der Waals surface area contributed by atoms with E-state index >= 15 is 0 Å². The van der Waals surface area contributed by atoms with Gasteiger partial charge in [-0.05, 0) is 43.4 Å². The molecule has 0 aliphatic carbocycles. The number of carbonyl (C=O) groups excluding carboxylic acids is 2. The third-order valence-electron chi connectivity index (χ3n) is 5.74. The molecule has 1 aliphatic rings. The fraction of sp³-hybridized carbons (Fsp3) is 0.375. The van der Waals surface area contributed by atoms with Crippen LogP contribution < -0.4 is 5.32 Å². The van der Waals surface area contributed by atoms with E-state index < -0.39 is 37.5 Å². The second-order valence-electron chi connectivity index (χ2n) is 8.33. The SMILES string of the molecule is O=C(N[C@@H](CCc1ccccc1)CP(=O)(O)CC(=O)N1CCC[C@H]1C(=O)O)c1ccccc1. The summed E-state index contributed by atoms with van der Waals surface area (Å²) >= 11 is 0. The lowest BCUT2D eigenvalue weighted by atomic mass is 10.1. The van der Waals surface area contributed by atoms with Gasteiger partial charge in [-0.25, -0.2) is 4.79 Å². The minimum atomic E-state index is -3.98. The summed E-state index contributed by atoms with van der Waals surface area (Å²) in [5.74, 6) is -2.10. The van der Waals surface area contributed by atoms with Crippen molar-refractivity contribution in [3.63, 3.8) is 0 Å². The maximum Gasteiger partial charge on any atom is 0.326 e. The number of nitrogens with one attached hydrogen (secondary N) is 1. The van der Waals surface area contributed by atoms with Crippen LogP contribution in [-0.2, 0) is 20.6 Å². The highest BCUT2D eigenvalue weighted by Gasteiger charge is 2.37. The molecule has 176 valence electrons. The van der Waals surface area contributed by atoms with Crippen LogP contribution in [0.3, 0.4) is 0 Å². The number of carbonyl (C=O) groups is 3. The van der Waals surface area contributed by atoms with Gasteiger partial charge < -0.3 is 20.2 Å². The highest BCUT2D eigenvalue weighted by molar-refractivity contribution is 7.59. The molecule has 2 amide bonds. The Kier molecular flexibility index (Phi) is 8.42. The van der Waals surface area contributed by atoms with Crippen LogP contribution >= 0.6 is 7.37 Å². The smallest absolute Gasteiger partial charge is 0.326 e. The molecule has 0 saturated carbocycles. The number of carboxylic acid groups (broad SMARTS) is 1. The van der Waals surface area contributed by atoms with Crippen LogP contribution in [0.15, 0.2) is 60.7 Å². The van der Waals surface area contributed by atoms with Crippen molar-refractivity contribution in [2.24, 2.45) is 0 Å².